The predicted octanol–water partition coefficient (Wildman–Crippen LogP) is -0.942. The maximum atomic E-state index is 5.26. The summed E-state index contributed by atoms with van der Waals surface area (Å²) >= 11 is 0. The standard InChI is InChI=1S/C4H13N3/c1-4(3-5)7-6-2/h4,6-7H,3,5H2,1-2H3. The van der Waals surface area contributed by atoms with Crippen LogP contribution in [0.2, 0.25) is 0 Å². The van der Waals surface area contributed by atoms with E-state index in [9.17, 15) is 0 Å². The van der Waals surface area contributed by atoms with E-state index in [1.165, 1.54) is 0 Å². The molecule has 1 unspecified atom stereocenters. The Balaban J connectivity index is 2.83. The topological polar surface area (TPSA) is 50.1 Å². The molecule has 0 aliphatic rings. The van der Waals surface area contributed by atoms with E-state index in [-0.39, 0.29) is 0 Å². The minimum Gasteiger partial charge on any atom is -0.329 e. The molecule has 0 saturated heterocycles. The SMILES string of the molecule is CNNC(C)CN. The third-order valence-electron chi connectivity index (χ3n) is 0.744. The van der Waals surface area contributed by atoms with Gasteiger partial charge in [-0.15, -0.1) is 0 Å². The van der Waals surface area contributed by atoms with Crippen LogP contribution in [-0.2, 0) is 0 Å². The van der Waals surface area contributed by atoms with Gasteiger partial charge in [-0.1, -0.05) is 0 Å². The van der Waals surface area contributed by atoms with Gasteiger partial charge in [-0.2, -0.15) is 0 Å². The van der Waals surface area contributed by atoms with Crippen LogP contribution < -0.4 is 16.6 Å². The van der Waals surface area contributed by atoms with Crippen molar-refractivity contribution in [2.45, 2.75) is 13.0 Å². The van der Waals surface area contributed by atoms with Crippen molar-refractivity contribution in [1.29, 1.82) is 0 Å². The van der Waals surface area contributed by atoms with Crippen LogP contribution in [0.15, 0.2) is 0 Å². The van der Waals surface area contributed by atoms with E-state index in [0.717, 1.165) is 0 Å². The van der Waals surface area contributed by atoms with Gasteiger partial charge in [0.2, 0.25) is 0 Å². The van der Waals surface area contributed by atoms with Crippen molar-refractivity contribution in [3.63, 3.8) is 0 Å². The van der Waals surface area contributed by atoms with E-state index in [1.807, 2.05) is 14.0 Å². The Kier molecular flexibility index (Phi) is 3.98. The van der Waals surface area contributed by atoms with Crippen molar-refractivity contribution in [3.8, 4) is 0 Å². The fourth-order valence-corrected chi connectivity index (χ4v) is 0.305. The maximum absolute atomic E-state index is 5.26. The first-order chi connectivity index (χ1) is 3.31. The molecule has 3 heteroatoms. The molecule has 3 nitrogen and oxygen atoms in total. The molecule has 0 rings (SSSR count). The highest BCUT2D eigenvalue weighted by molar-refractivity contribution is 4.53. The monoisotopic (exact) mass is 103 g/mol. The van der Waals surface area contributed by atoms with Gasteiger partial charge in [0.05, 0.1) is 0 Å². The van der Waals surface area contributed by atoms with Crippen LogP contribution in [0, 0.1) is 0 Å². The Labute approximate surface area is 44.2 Å². The largest absolute Gasteiger partial charge is 0.329 e. The summed E-state index contributed by atoms with van der Waals surface area (Å²) in [6, 6.07) is 0.366. The molecule has 0 aromatic heterocycles. The average Bonchev–Trinajstić information content (AvgIpc) is 1.68. The molecule has 0 bridgehead atoms. The lowest BCUT2D eigenvalue weighted by molar-refractivity contribution is 0.495. The lowest BCUT2D eigenvalue weighted by Crippen LogP contribution is -2.40. The van der Waals surface area contributed by atoms with Crippen molar-refractivity contribution in [1.82, 2.24) is 10.9 Å². The van der Waals surface area contributed by atoms with E-state index in [1.54, 1.807) is 0 Å². The van der Waals surface area contributed by atoms with Gasteiger partial charge >= 0.3 is 0 Å². The molecule has 0 radical (unpaired) electrons. The molecule has 0 aromatic rings. The molecule has 0 fully saturated rings. The van der Waals surface area contributed by atoms with Crippen LogP contribution in [0.5, 0.6) is 0 Å². The van der Waals surface area contributed by atoms with Crippen molar-refractivity contribution in [3.05, 3.63) is 0 Å². The smallest absolute Gasteiger partial charge is 0.0307 e. The molecule has 0 aromatic carbocycles. The van der Waals surface area contributed by atoms with Crippen LogP contribution in [0.4, 0.5) is 0 Å². The summed E-state index contributed by atoms with van der Waals surface area (Å²) in [5.41, 5.74) is 11.0. The molecule has 0 aliphatic carbocycles. The van der Waals surface area contributed by atoms with Crippen LogP contribution >= 0.6 is 0 Å². The van der Waals surface area contributed by atoms with Gasteiger partial charge in [0, 0.05) is 12.6 Å². The molecular formula is C4H13N3. The summed E-state index contributed by atoms with van der Waals surface area (Å²) in [5, 5.41) is 0. The minimum atomic E-state index is 0.366. The second kappa shape index (κ2) is 4.05. The Morgan fingerprint density at radius 1 is 1.71 bits per heavy atom. The van der Waals surface area contributed by atoms with Crippen molar-refractivity contribution < 1.29 is 0 Å². The number of nitrogens with one attached hydrogen (secondary N) is 2. The summed E-state index contributed by atoms with van der Waals surface area (Å²) < 4.78 is 0. The Morgan fingerprint density at radius 2 is 2.29 bits per heavy atom. The Morgan fingerprint density at radius 3 is 2.43 bits per heavy atom. The highest BCUT2D eigenvalue weighted by Crippen LogP contribution is 1.67. The second-order valence-corrected chi connectivity index (χ2v) is 1.53. The Hall–Kier alpha value is -0.120. The van der Waals surface area contributed by atoms with E-state index < -0.39 is 0 Å². The molecular weight excluding hydrogens is 90.1 g/mol. The summed E-state index contributed by atoms with van der Waals surface area (Å²) in [6.07, 6.45) is 0. The normalized spacial score (nSPS) is 14.1. The first kappa shape index (κ1) is 6.88. The first-order valence-electron chi connectivity index (χ1n) is 2.43. The number of hydrogen-bond acceptors (Lipinski definition) is 3. The van der Waals surface area contributed by atoms with Crippen LogP contribution in [-0.4, -0.2) is 19.6 Å². The lowest BCUT2D eigenvalue weighted by Gasteiger charge is -2.07. The first-order valence-corrected chi connectivity index (χ1v) is 2.43. The molecule has 7 heavy (non-hydrogen) atoms. The fraction of sp³-hybridized carbons (Fsp3) is 1.00. The van der Waals surface area contributed by atoms with Gasteiger partial charge in [-0.3, -0.25) is 10.9 Å². The van der Waals surface area contributed by atoms with Crippen LogP contribution in [0.25, 0.3) is 0 Å². The number of hydrogen-bond donors (Lipinski definition) is 3. The Bertz CT molecular complexity index is 37.9. The van der Waals surface area contributed by atoms with Gasteiger partial charge in [0.25, 0.3) is 0 Å². The number of hydrazine groups is 1. The van der Waals surface area contributed by atoms with Gasteiger partial charge in [-0.25, -0.2) is 0 Å². The molecule has 0 heterocycles. The van der Waals surface area contributed by atoms with Gasteiger partial charge in [0.15, 0.2) is 0 Å². The fourth-order valence-electron chi connectivity index (χ4n) is 0.305. The molecule has 0 spiro atoms. The zero-order chi connectivity index (χ0) is 5.70. The van der Waals surface area contributed by atoms with E-state index in [0.29, 0.717) is 12.6 Å². The van der Waals surface area contributed by atoms with Crippen molar-refractivity contribution >= 4 is 0 Å². The average molecular weight is 103 g/mol. The molecule has 0 amide bonds. The molecule has 1 atom stereocenters. The third-order valence-corrected chi connectivity index (χ3v) is 0.744. The third kappa shape index (κ3) is 3.72. The zero-order valence-corrected chi connectivity index (χ0v) is 4.86. The lowest BCUT2D eigenvalue weighted by atomic mass is 10.4. The zero-order valence-electron chi connectivity index (χ0n) is 4.86. The van der Waals surface area contributed by atoms with Crippen LogP contribution in [0.1, 0.15) is 6.92 Å². The van der Waals surface area contributed by atoms with Crippen LogP contribution in [0.3, 0.4) is 0 Å². The molecule has 0 aliphatic heterocycles. The predicted molar refractivity (Wildman–Crippen MR) is 30.7 cm³/mol. The van der Waals surface area contributed by atoms with E-state index >= 15 is 0 Å². The van der Waals surface area contributed by atoms with E-state index in [4.69, 9.17) is 5.73 Å². The molecule has 44 valence electrons. The number of rotatable bonds is 3. The van der Waals surface area contributed by atoms with Crippen molar-refractivity contribution in [2.24, 2.45) is 5.73 Å². The highest BCUT2D eigenvalue weighted by Gasteiger charge is 1.90. The quantitative estimate of drug-likeness (QED) is 0.404. The highest BCUT2D eigenvalue weighted by atomic mass is 15.3. The van der Waals surface area contributed by atoms with E-state index in [2.05, 4.69) is 10.9 Å². The molecule has 4 N–H and O–H groups in total. The number of nitrogens with two attached hydrogens (primary N) is 1. The molecule has 0 saturated carbocycles. The summed E-state index contributed by atoms with van der Waals surface area (Å²) in [7, 11) is 1.83. The second-order valence-electron chi connectivity index (χ2n) is 1.53. The van der Waals surface area contributed by atoms with Gasteiger partial charge in [-0.05, 0) is 14.0 Å². The van der Waals surface area contributed by atoms with Gasteiger partial charge in [0.1, 0.15) is 0 Å². The summed E-state index contributed by atoms with van der Waals surface area (Å²) in [5.74, 6) is 0. The summed E-state index contributed by atoms with van der Waals surface area (Å²) in [4.78, 5) is 0. The van der Waals surface area contributed by atoms with Crippen molar-refractivity contribution in [2.75, 3.05) is 13.6 Å². The maximum Gasteiger partial charge on any atom is 0.0307 e. The van der Waals surface area contributed by atoms with Gasteiger partial charge < -0.3 is 5.73 Å². The minimum absolute atomic E-state index is 0.366. The summed E-state index contributed by atoms with van der Waals surface area (Å²) in [6.45, 7) is 2.68.